The van der Waals surface area contributed by atoms with Gasteiger partial charge < -0.3 is 15.5 Å². The first-order chi connectivity index (χ1) is 12.9. The highest BCUT2D eigenvalue weighted by atomic mass is 79.9. The van der Waals surface area contributed by atoms with Crippen molar-refractivity contribution >= 4 is 46.0 Å². The Kier molecular flexibility index (Phi) is 8.00. The molecule has 28 heavy (non-hydrogen) atoms. The van der Waals surface area contributed by atoms with Crippen molar-refractivity contribution in [3.63, 3.8) is 0 Å². The molecule has 1 aliphatic carbocycles. The molecule has 0 unspecified atom stereocenters. The lowest BCUT2D eigenvalue weighted by molar-refractivity contribution is 0.0926. The van der Waals surface area contributed by atoms with E-state index in [0.717, 1.165) is 41.5 Å². The van der Waals surface area contributed by atoms with Crippen LogP contribution in [0.3, 0.4) is 0 Å². The maximum absolute atomic E-state index is 12.4. The Morgan fingerprint density at radius 1 is 1.14 bits per heavy atom. The maximum atomic E-state index is 12.4. The Hall–Kier alpha value is -1.93. The lowest BCUT2D eigenvalue weighted by atomic mass is 9.91. The van der Waals surface area contributed by atoms with Gasteiger partial charge >= 0.3 is 0 Å². The number of amides is 1. The Labute approximate surface area is 180 Å². The third kappa shape index (κ3) is 5.78. The number of nitrogens with zero attached hydrogens (tertiary/aromatic N) is 4. The zero-order valence-electron chi connectivity index (χ0n) is 16.3. The van der Waals surface area contributed by atoms with Crippen LogP contribution in [0.25, 0.3) is 0 Å². The molecular weight excluding hydrogens is 444 g/mol. The fraction of sp³-hybridized carbons (Fsp3) is 0.474. The third-order valence-electron chi connectivity index (χ3n) is 4.73. The SMILES string of the molecule is Cc1cnc(NC2CCC(NC(=O)c3cncc(Br)c3)CC2)nc1N(C)C.Cl. The van der Waals surface area contributed by atoms with Crippen molar-refractivity contribution in [3.8, 4) is 0 Å². The number of hydrogen-bond donors (Lipinski definition) is 2. The number of carbonyl (C=O) groups excluding carboxylic acids is 1. The molecule has 0 spiro atoms. The molecular formula is C19H26BrClN6O. The van der Waals surface area contributed by atoms with Gasteiger partial charge in [-0.25, -0.2) is 4.98 Å². The lowest BCUT2D eigenvalue weighted by Gasteiger charge is -2.30. The topological polar surface area (TPSA) is 83.0 Å². The van der Waals surface area contributed by atoms with Crippen LogP contribution in [0.5, 0.6) is 0 Å². The van der Waals surface area contributed by atoms with Crippen molar-refractivity contribution in [2.24, 2.45) is 0 Å². The molecule has 2 N–H and O–H groups in total. The molecule has 1 amide bonds. The van der Waals surface area contributed by atoms with Gasteiger partial charge in [-0.1, -0.05) is 0 Å². The number of rotatable bonds is 5. The predicted octanol–water partition coefficient (Wildman–Crippen LogP) is 3.58. The van der Waals surface area contributed by atoms with Gasteiger partial charge in [0.15, 0.2) is 0 Å². The summed E-state index contributed by atoms with van der Waals surface area (Å²) >= 11 is 3.35. The number of anilines is 2. The molecule has 0 aliphatic heterocycles. The van der Waals surface area contributed by atoms with E-state index in [2.05, 4.69) is 41.5 Å². The summed E-state index contributed by atoms with van der Waals surface area (Å²) in [5.41, 5.74) is 1.63. The molecule has 1 fully saturated rings. The van der Waals surface area contributed by atoms with Crippen molar-refractivity contribution in [2.75, 3.05) is 24.3 Å². The van der Waals surface area contributed by atoms with Gasteiger partial charge in [0.25, 0.3) is 5.91 Å². The van der Waals surface area contributed by atoms with Gasteiger partial charge in [-0.15, -0.1) is 12.4 Å². The average Bonchev–Trinajstić information content (AvgIpc) is 2.64. The second-order valence-corrected chi connectivity index (χ2v) is 8.07. The summed E-state index contributed by atoms with van der Waals surface area (Å²) in [5.74, 6) is 1.52. The second kappa shape index (κ2) is 10.0. The minimum atomic E-state index is -0.0716. The molecule has 2 aromatic rings. The minimum Gasteiger partial charge on any atom is -0.362 e. The first kappa shape index (κ1) is 22.4. The smallest absolute Gasteiger partial charge is 0.253 e. The van der Waals surface area contributed by atoms with Crippen molar-refractivity contribution in [1.29, 1.82) is 0 Å². The molecule has 1 saturated carbocycles. The van der Waals surface area contributed by atoms with E-state index in [1.54, 1.807) is 18.5 Å². The van der Waals surface area contributed by atoms with Crippen LogP contribution >= 0.6 is 28.3 Å². The van der Waals surface area contributed by atoms with Crippen LogP contribution in [0.15, 0.2) is 29.1 Å². The molecule has 3 rings (SSSR count). The summed E-state index contributed by atoms with van der Waals surface area (Å²) < 4.78 is 0.804. The number of hydrogen-bond acceptors (Lipinski definition) is 6. The highest BCUT2D eigenvalue weighted by Crippen LogP contribution is 2.23. The van der Waals surface area contributed by atoms with E-state index in [0.29, 0.717) is 17.6 Å². The standard InChI is InChI=1S/C19H25BrN6O.ClH/c1-12-9-22-19(25-17(12)26(2)3)24-16-6-4-15(5-7-16)23-18(27)13-8-14(20)11-21-10-13;/h8-11,15-16H,4-7H2,1-3H3,(H,23,27)(H,22,24,25);1H. The fourth-order valence-electron chi connectivity index (χ4n) is 3.32. The Morgan fingerprint density at radius 3 is 2.46 bits per heavy atom. The minimum absolute atomic E-state index is 0. The molecule has 7 nitrogen and oxygen atoms in total. The van der Waals surface area contributed by atoms with Crippen LogP contribution < -0.4 is 15.5 Å². The molecule has 1 aliphatic rings. The van der Waals surface area contributed by atoms with Crippen molar-refractivity contribution in [3.05, 3.63) is 40.3 Å². The highest BCUT2D eigenvalue weighted by Gasteiger charge is 2.23. The summed E-state index contributed by atoms with van der Waals surface area (Å²) in [6, 6.07) is 2.29. The summed E-state index contributed by atoms with van der Waals surface area (Å²) in [4.78, 5) is 27.4. The van der Waals surface area contributed by atoms with E-state index in [4.69, 9.17) is 0 Å². The number of carbonyl (C=O) groups is 1. The highest BCUT2D eigenvalue weighted by molar-refractivity contribution is 9.10. The quantitative estimate of drug-likeness (QED) is 0.696. The summed E-state index contributed by atoms with van der Waals surface area (Å²) in [6.45, 7) is 2.01. The van der Waals surface area contributed by atoms with E-state index in [1.807, 2.05) is 32.1 Å². The first-order valence-electron chi connectivity index (χ1n) is 9.11. The molecule has 2 aromatic heterocycles. The monoisotopic (exact) mass is 468 g/mol. The number of nitrogens with one attached hydrogen (secondary N) is 2. The maximum Gasteiger partial charge on any atom is 0.253 e. The van der Waals surface area contributed by atoms with Gasteiger partial charge in [-0.05, 0) is 54.6 Å². The van der Waals surface area contributed by atoms with Gasteiger partial charge in [-0.2, -0.15) is 4.98 Å². The van der Waals surface area contributed by atoms with Crippen LogP contribution in [0.1, 0.15) is 41.6 Å². The van der Waals surface area contributed by atoms with Crippen LogP contribution in [0.4, 0.5) is 11.8 Å². The van der Waals surface area contributed by atoms with E-state index in [-0.39, 0.29) is 24.4 Å². The van der Waals surface area contributed by atoms with Crippen LogP contribution in [0, 0.1) is 6.92 Å². The van der Waals surface area contributed by atoms with Gasteiger partial charge in [0.05, 0.1) is 5.56 Å². The van der Waals surface area contributed by atoms with Crippen molar-refractivity contribution in [1.82, 2.24) is 20.3 Å². The zero-order valence-corrected chi connectivity index (χ0v) is 18.7. The van der Waals surface area contributed by atoms with E-state index >= 15 is 0 Å². The average molecular weight is 470 g/mol. The fourth-order valence-corrected chi connectivity index (χ4v) is 3.69. The first-order valence-corrected chi connectivity index (χ1v) is 9.90. The zero-order chi connectivity index (χ0) is 19.4. The Morgan fingerprint density at radius 2 is 1.82 bits per heavy atom. The van der Waals surface area contributed by atoms with E-state index in [9.17, 15) is 4.79 Å². The van der Waals surface area contributed by atoms with Gasteiger partial charge in [0, 0.05) is 54.8 Å². The molecule has 0 saturated heterocycles. The van der Waals surface area contributed by atoms with E-state index < -0.39 is 0 Å². The molecule has 0 aromatic carbocycles. The molecule has 0 radical (unpaired) electrons. The van der Waals surface area contributed by atoms with Gasteiger partial charge in [0.2, 0.25) is 5.95 Å². The molecule has 2 heterocycles. The largest absolute Gasteiger partial charge is 0.362 e. The molecule has 9 heteroatoms. The number of halogens is 2. The normalized spacial score (nSPS) is 18.7. The van der Waals surface area contributed by atoms with Crippen LogP contribution in [-0.2, 0) is 0 Å². The van der Waals surface area contributed by atoms with Crippen LogP contribution in [-0.4, -0.2) is 47.0 Å². The lowest BCUT2D eigenvalue weighted by Crippen LogP contribution is -2.40. The Balaban J connectivity index is 0.00000280. The number of pyridine rings is 1. The summed E-state index contributed by atoms with van der Waals surface area (Å²) in [5, 5.41) is 6.55. The van der Waals surface area contributed by atoms with Crippen LogP contribution in [0.2, 0.25) is 0 Å². The summed E-state index contributed by atoms with van der Waals surface area (Å²) in [6.07, 6.45) is 8.90. The number of aromatic nitrogens is 3. The predicted molar refractivity (Wildman–Crippen MR) is 117 cm³/mol. The van der Waals surface area contributed by atoms with Gasteiger partial charge in [-0.3, -0.25) is 9.78 Å². The third-order valence-corrected chi connectivity index (χ3v) is 5.16. The second-order valence-electron chi connectivity index (χ2n) is 7.15. The molecule has 152 valence electrons. The summed E-state index contributed by atoms with van der Waals surface area (Å²) in [7, 11) is 3.96. The molecule has 0 bridgehead atoms. The van der Waals surface area contributed by atoms with Gasteiger partial charge in [0.1, 0.15) is 5.82 Å². The van der Waals surface area contributed by atoms with E-state index in [1.165, 1.54) is 0 Å². The Bertz CT molecular complexity index is 811. The molecule has 0 atom stereocenters. The van der Waals surface area contributed by atoms with Crippen molar-refractivity contribution in [2.45, 2.75) is 44.7 Å². The number of aryl methyl sites for hydroxylation is 1. The van der Waals surface area contributed by atoms with Crippen molar-refractivity contribution < 1.29 is 4.79 Å².